The minimum atomic E-state index is -1.21. The van der Waals surface area contributed by atoms with E-state index in [1.54, 1.807) is 4.57 Å². The molecule has 0 radical (unpaired) electrons. The lowest BCUT2D eigenvalue weighted by molar-refractivity contribution is -0.150. The van der Waals surface area contributed by atoms with Gasteiger partial charge in [-0.15, -0.1) is 0 Å². The number of ether oxygens (including phenoxy) is 2. The molecule has 10 heteroatoms. The maximum Gasteiger partial charge on any atom is 0.306 e. The molecular formula is C20H29N5O5. The number of aliphatic hydroxyl groups excluding tert-OH is 2. The molecule has 10 nitrogen and oxygen atoms in total. The van der Waals surface area contributed by atoms with Crippen molar-refractivity contribution in [3.63, 3.8) is 0 Å². The number of carbonyl (C=O) groups excluding carboxylic acids is 1. The van der Waals surface area contributed by atoms with E-state index in [0.29, 0.717) is 23.0 Å². The topological polar surface area (TPSA) is 132 Å². The smallest absolute Gasteiger partial charge is 0.306 e. The zero-order valence-electron chi connectivity index (χ0n) is 17.3. The van der Waals surface area contributed by atoms with Gasteiger partial charge in [0.05, 0.1) is 6.33 Å². The summed E-state index contributed by atoms with van der Waals surface area (Å²) in [4.78, 5) is 24.8. The van der Waals surface area contributed by atoms with Crippen molar-refractivity contribution in [1.82, 2.24) is 19.5 Å². The lowest BCUT2D eigenvalue weighted by atomic mass is 10.1. The van der Waals surface area contributed by atoms with E-state index in [1.807, 2.05) is 13.8 Å². The van der Waals surface area contributed by atoms with Crippen molar-refractivity contribution >= 4 is 23.0 Å². The number of hydrogen-bond donors (Lipinski definition) is 3. The largest absolute Gasteiger partial charge is 0.463 e. The molecule has 0 bridgehead atoms. The van der Waals surface area contributed by atoms with Gasteiger partial charge in [-0.25, -0.2) is 15.0 Å². The zero-order valence-corrected chi connectivity index (χ0v) is 17.3. The van der Waals surface area contributed by atoms with E-state index in [1.165, 1.54) is 25.5 Å². The van der Waals surface area contributed by atoms with Crippen molar-refractivity contribution in [2.24, 2.45) is 5.92 Å². The van der Waals surface area contributed by atoms with Crippen LogP contribution in [0.4, 0.5) is 5.82 Å². The van der Waals surface area contributed by atoms with Gasteiger partial charge >= 0.3 is 5.97 Å². The highest BCUT2D eigenvalue weighted by Crippen LogP contribution is 2.33. The fourth-order valence-corrected chi connectivity index (χ4v) is 4.07. The van der Waals surface area contributed by atoms with Crippen LogP contribution >= 0.6 is 0 Å². The van der Waals surface area contributed by atoms with E-state index in [9.17, 15) is 15.0 Å². The normalized spacial score (nSPS) is 27.2. The number of fused-ring (bicyclic) bond motifs is 1. The maximum absolute atomic E-state index is 11.8. The summed E-state index contributed by atoms with van der Waals surface area (Å²) in [5.41, 5.74) is 1.08. The van der Waals surface area contributed by atoms with Gasteiger partial charge in [0, 0.05) is 12.5 Å². The summed E-state index contributed by atoms with van der Waals surface area (Å²) >= 11 is 0. The summed E-state index contributed by atoms with van der Waals surface area (Å²) in [5.74, 6) is 0.467. The third-order valence-corrected chi connectivity index (χ3v) is 5.65. The number of hydrogen-bond acceptors (Lipinski definition) is 9. The van der Waals surface area contributed by atoms with Gasteiger partial charge in [-0.05, 0) is 18.8 Å². The van der Waals surface area contributed by atoms with E-state index in [-0.39, 0.29) is 24.9 Å². The number of carbonyl (C=O) groups is 1. The molecule has 3 heterocycles. The van der Waals surface area contributed by atoms with Crippen LogP contribution in [-0.2, 0) is 14.3 Å². The monoisotopic (exact) mass is 419 g/mol. The second-order valence-electron chi connectivity index (χ2n) is 8.50. The van der Waals surface area contributed by atoms with Gasteiger partial charge in [0.25, 0.3) is 0 Å². The summed E-state index contributed by atoms with van der Waals surface area (Å²) in [6, 6.07) is 0.369. The third kappa shape index (κ3) is 4.26. The van der Waals surface area contributed by atoms with E-state index < -0.39 is 24.5 Å². The Balaban J connectivity index is 1.48. The van der Waals surface area contributed by atoms with Gasteiger partial charge in [0.1, 0.15) is 31.2 Å². The van der Waals surface area contributed by atoms with Crippen LogP contribution in [0.3, 0.4) is 0 Å². The molecule has 0 aromatic carbocycles. The number of nitrogens with one attached hydrogen (secondary N) is 1. The lowest BCUT2D eigenvalue weighted by Gasteiger charge is -2.17. The highest BCUT2D eigenvalue weighted by Gasteiger charge is 2.45. The van der Waals surface area contributed by atoms with Gasteiger partial charge in [0.15, 0.2) is 23.2 Å². The number of rotatable bonds is 7. The summed E-state index contributed by atoms with van der Waals surface area (Å²) in [6.07, 6.45) is 3.70. The molecule has 2 aliphatic rings. The van der Waals surface area contributed by atoms with Crippen molar-refractivity contribution in [3.8, 4) is 0 Å². The molecule has 2 aromatic rings. The molecule has 0 unspecified atom stereocenters. The Morgan fingerprint density at radius 3 is 2.77 bits per heavy atom. The average Bonchev–Trinajstić information content (AvgIpc) is 3.42. The van der Waals surface area contributed by atoms with Crippen LogP contribution in [0.25, 0.3) is 11.2 Å². The second-order valence-corrected chi connectivity index (χ2v) is 8.50. The first-order chi connectivity index (χ1) is 14.4. The quantitative estimate of drug-likeness (QED) is 0.570. The van der Waals surface area contributed by atoms with Crippen molar-refractivity contribution in [2.45, 2.75) is 76.5 Å². The molecule has 0 spiro atoms. The highest BCUT2D eigenvalue weighted by molar-refractivity contribution is 5.82. The fraction of sp³-hybridized carbons (Fsp3) is 0.700. The van der Waals surface area contributed by atoms with E-state index in [0.717, 1.165) is 12.8 Å². The van der Waals surface area contributed by atoms with Crippen LogP contribution in [0, 0.1) is 5.92 Å². The summed E-state index contributed by atoms with van der Waals surface area (Å²) in [7, 11) is 0. The Hall–Kier alpha value is -2.30. The number of aromatic nitrogens is 4. The predicted molar refractivity (Wildman–Crippen MR) is 108 cm³/mol. The highest BCUT2D eigenvalue weighted by atomic mass is 16.6. The third-order valence-electron chi connectivity index (χ3n) is 5.65. The number of anilines is 1. The molecule has 1 aliphatic heterocycles. The SMILES string of the molecule is CC(C)CC(=O)OC[C@H]1O[C@@H](n2cnc3c(NC4CCCC4)ncnc32)[C@H](O)[C@@H]1O. The Morgan fingerprint density at radius 2 is 2.03 bits per heavy atom. The van der Waals surface area contributed by atoms with Crippen molar-refractivity contribution in [2.75, 3.05) is 11.9 Å². The Morgan fingerprint density at radius 1 is 1.27 bits per heavy atom. The average molecular weight is 419 g/mol. The first-order valence-electron chi connectivity index (χ1n) is 10.6. The zero-order chi connectivity index (χ0) is 21.3. The van der Waals surface area contributed by atoms with Crippen LogP contribution in [0.2, 0.25) is 0 Å². The van der Waals surface area contributed by atoms with Crippen molar-refractivity contribution < 1.29 is 24.5 Å². The number of nitrogens with zero attached hydrogens (tertiary/aromatic N) is 4. The minimum absolute atomic E-state index is 0.129. The van der Waals surface area contributed by atoms with Gasteiger partial charge in [-0.1, -0.05) is 26.7 Å². The van der Waals surface area contributed by atoms with Crippen molar-refractivity contribution in [3.05, 3.63) is 12.7 Å². The van der Waals surface area contributed by atoms with Crippen LogP contribution in [-0.4, -0.2) is 66.7 Å². The van der Waals surface area contributed by atoms with Gasteiger partial charge in [-0.3, -0.25) is 9.36 Å². The molecular weight excluding hydrogens is 390 g/mol. The predicted octanol–water partition coefficient (Wildman–Crippen LogP) is 1.39. The molecule has 2 fully saturated rings. The number of imidazole rings is 1. The molecule has 164 valence electrons. The molecule has 4 rings (SSSR count). The molecule has 4 atom stereocenters. The molecule has 1 saturated heterocycles. The van der Waals surface area contributed by atoms with Gasteiger partial charge in [0.2, 0.25) is 0 Å². The molecule has 1 aliphatic carbocycles. The van der Waals surface area contributed by atoms with Crippen LogP contribution in [0.1, 0.15) is 52.2 Å². The molecule has 2 aromatic heterocycles. The molecule has 30 heavy (non-hydrogen) atoms. The Labute approximate surface area is 174 Å². The summed E-state index contributed by atoms with van der Waals surface area (Å²) in [5, 5.41) is 24.4. The summed E-state index contributed by atoms with van der Waals surface area (Å²) < 4.78 is 12.6. The van der Waals surface area contributed by atoms with Crippen LogP contribution < -0.4 is 5.32 Å². The van der Waals surface area contributed by atoms with Gasteiger partial charge in [-0.2, -0.15) is 0 Å². The van der Waals surface area contributed by atoms with Gasteiger partial charge < -0.3 is 25.0 Å². The van der Waals surface area contributed by atoms with E-state index in [4.69, 9.17) is 9.47 Å². The van der Waals surface area contributed by atoms with E-state index in [2.05, 4.69) is 20.3 Å². The van der Waals surface area contributed by atoms with Crippen LogP contribution in [0.5, 0.6) is 0 Å². The first-order valence-corrected chi connectivity index (χ1v) is 10.6. The van der Waals surface area contributed by atoms with E-state index >= 15 is 0 Å². The van der Waals surface area contributed by atoms with Crippen molar-refractivity contribution in [1.29, 1.82) is 0 Å². The first kappa shape index (κ1) is 21.0. The lowest BCUT2D eigenvalue weighted by Crippen LogP contribution is -2.34. The number of aliphatic hydroxyl groups is 2. The van der Waals surface area contributed by atoms with Crippen LogP contribution in [0.15, 0.2) is 12.7 Å². The molecule has 3 N–H and O–H groups in total. The molecule has 1 saturated carbocycles. The maximum atomic E-state index is 11.8. The minimum Gasteiger partial charge on any atom is -0.463 e. The number of esters is 1. The second kappa shape index (κ2) is 8.83. The fourth-order valence-electron chi connectivity index (χ4n) is 4.07. The Bertz CT molecular complexity index is 882. The Kier molecular flexibility index (Phi) is 6.16. The standard InChI is InChI=1S/C20H29N5O5/c1-11(2)7-14(26)29-8-13-16(27)17(28)20(30-13)25-10-23-15-18(21-9-22-19(15)25)24-12-5-3-4-6-12/h9-13,16-17,20,27-28H,3-8H2,1-2H3,(H,21,22,24)/t13-,16-,17-,20-/m1/s1. The summed E-state index contributed by atoms with van der Waals surface area (Å²) in [6.45, 7) is 3.71. The molecule has 0 amide bonds.